The Morgan fingerprint density at radius 1 is 0.409 bits per heavy atom. The van der Waals surface area contributed by atoms with Gasteiger partial charge in [-0.25, -0.2) is 0 Å². The zero-order valence-corrected chi connectivity index (χ0v) is 41.5. The Morgan fingerprint density at radius 2 is 0.667 bits per heavy atom. The SMILES string of the molecule is CC(C)c1cccc(C(C)C)c1N=C([O-])CCN(Cc1ccccn1)Cc1ccccn1.CC(C)c1cccc(C(C)C)c1N=C([O-])CCN(Cc1ccccn1)Cc1ccccn1.[Cu+2].[Cu+2]. The molecule has 0 aliphatic heterocycles. The van der Waals surface area contributed by atoms with Crippen molar-refractivity contribution in [1.29, 1.82) is 0 Å². The topological polar surface area (TPSA) is 129 Å². The molecule has 0 N–H and O–H groups in total. The van der Waals surface area contributed by atoms with Gasteiger partial charge in [-0.15, -0.1) is 0 Å². The van der Waals surface area contributed by atoms with E-state index in [9.17, 15) is 10.2 Å². The molecule has 354 valence electrons. The predicted octanol–water partition coefficient (Wildman–Crippen LogP) is 10.4. The maximum Gasteiger partial charge on any atom is 2.00 e. The van der Waals surface area contributed by atoms with E-state index in [4.69, 9.17) is 0 Å². The zero-order chi connectivity index (χ0) is 45.8. The number of benzene rings is 2. The van der Waals surface area contributed by atoms with E-state index in [1.54, 1.807) is 24.8 Å². The van der Waals surface area contributed by atoms with Gasteiger partial charge in [0.05, 0.1) is 34.2 Å². The summed E-state index contributed by atoms with van der Waals surface area (Å²) in [6.07, 6.45) is 7.89. The van der Waals surface area contributed by atoms with Gasteiger partial charge in [-0.1, -0.05) is 116 Å². The maximum absolute atomic E-state index is 12.9. The normalized spacial score (nSPS) is 11.8. The molecule has 0 bridgehead atoms. The number of nitrogens with zero attached hydrogens (tertiary/aromatic N) is 8. The van der Waals surface area contributed by atoms with Crippen molar-refractivity contribution in [2.45, 2.75) is 118 Å². The summed E-state index contributed by atoms with van der Waals surface area (Å²) >= 11 is 0. The summed E-state index contributed by atoms with van der Waals surface area (Å²) in [5.41, 5.74) is 10.1. The van der Waals surface area contributed by atoms with Crippen molar-refractivity contribution in [3.05, 3.63) is 179 Å². The van der Waals surface area contributed by atoms with E-state index in [0.29, 0.717) is 75.8 Å². The molecule has 2 radical (unpaired) electrons. The van der Waals surface area contributed by atoms with E-state index in [0.717, 1.165) is 56.4 Å². The smallest absolute Gasteiger partial charge is 0.862 e. The largest absolute Gasteiger partial charge is 2.00 e. The van der Waals surface area contributed by atoms with Crippen LogP contribution >= 0.6 is 0 Å². The first kappa shape index (κ1) is 55.3. The molecule has 0 aliphatic carbocycles. The van der Waals surface area contributed by atoms with Crippen LogP contribution in [0, 0.1) is 0 Å². The molecule has 10 nitrogen and oxygen atoms in total. The van der Waals surface area contributed by atoms with Crippen LogP contribution in [0.25, 0.3) is 0 Å². The number of hydrogen-bond acceptors (Lipinski definition) is 10. The Bertz CT molecular complexity index is 2050. The van der Waals surface area contributed by atoms with Crippen LogP contribution in [0.1, 0.15) is 137 Å². The number of aromatic nitrogens is 4. The molecule has 0 amide bonds. The molecule has 6 rings (SSSR count). The second kappa shape index (κ2) is 28.9. The molecule has 0 saturated carbocycles. The molecule has 66 heavy (non-hydrogen) atoms. The minimum atomic E-state index is -0.0907. The van der Waals surface area contributed by atoms with Gasteiger partial charge in [0.15, 0.2) is 0 Å². The third kappa shape index (κ3) is 18.0. The monoisotopic (exact) mass is 984 g/mol. The van der Waals surface area contributed by atoms with Crippen LogP contribution in [-0.4, -0.2) is 54.6 Å². The molecule has 0 fully saturated rings. The third-order valence-corrected chi connectivity index (χ3v) is 10.9. The number of rotatable bonds is 20. The quantitative estimate of drug-likeness (QED) is 0.0420. The zero-order valence-electron chi connectivity index (χ0n) is 39.7. The Labute approximate surface area is 415 Å². The summed E-state index contributed by atoms with van der Waals surface area (Å²) in [5.74, 6) is 1.06. The number of pyridine rings is 4. The van der Waals surface area contributed by atoms with Crippen molar-refractivity contribution in [2.24, 2.45) is 9.98 Å². The standard InChI is InChI=1S/2C27H34N4O.2Cu/c2*1-20(2)24-12-9-13-25(21(3)4)27(24)30-26(32)14-17-31(18-22-10-5-7-15-28-22)19-23-11-6-8-16-29-23;;/h2*5-13,15-16,20-21H,14,17-19H2,1-4H3,(H,30,32);;/q;;2*+2/p-2. The fourth-order valence-electron chi connectivity index (χ4n) is 7.46. The Hall–Kier alpha value is -5.06. The second-order valence-corrected chi connectivity index (χ2v) is 17.4. The van der Waals surface area contributed by atoms with E-state index < -0.39 is 0 Å². The van der Waals surface area contributed by atoms with Gasteiger partial charge in [0.2, 0.25) is 0 Å². The van der Waals surface area contributed by atoms with Gasteiger partial charge in [-0.05, 0) is 119 Å². The van der Waals surface area contributed by atoms with Gasteiger partial charge in [-0.2, -0.15) is 0 Å². The summed E-state index contributed by atoms with van der Waals surface area (Å²) in [4.78, 5) is 31.4. The molecular formula is C54H66Cu2N8O2+2. The van der Waals surface area contributed by atoms with Gasteiger partial charge in [0.1, 0.15) is 0 Å². The molecule has 0 unspecified atom stereocenters. The van der Waals surface area contributed by atoms with Crippen molar-refractivity contribution < 1.29 is 44.4 Å². The van der Waals surface area contributed by atoms with Crippen LogP contribution in [0.5, 0.6) is 0 Å². The first-order chi connectivity index (χ1) is 30.9. The summed E-state index contributed by atoms with van der Waals surface area (Å²) < 4.78 is 0. The minimum absolute atomic E-state index is 0. The van der Waals surface area contributed by atoms with Crippen LogP contribution < -0.4 is 10.2 Å². The van der Waals surface area contributed by atoms with Gasteiger partial charge in [0, 0.05) is 64.1 Å². The fraction of sp³-hybridized carbons (Fsp3) is 0.370. The van der Waals surface area contributed by atoms with E-state index in [2.05, 4.69) is 132 Å². The van der Waals surface area contributed by atoms with Crippen molar-refractivity contribution in [3.8, 4) is 0 Å². The van der Waals surface area contributed by atoms with Crippen LogP contribution in [0.15, 0.2) is 144 Å². The molecule has 12 heteroatoms. The predicted molar refractivity (Wildman–Crippen MR) is 258 cm³/mol. The number of para-hydroxylation sites is 2. The van der Waals surface area contributed by atoms with Gasteiger partial charge < -0.3 is 10.2 Å². The third-order valence-electron chi connectivity index (χ3n) is 10.9. The van der Waals surface area contributed by atoms with Crippen molar-refractivity contribution >= 4 is 23.2 Å². The first-order valence-corrected chi connectivity index (χ1v) is 22.7. The van der Waals surface area contributed by atoms with E-state index >= 15 is 0 Å². The molecule has 0 spiro atoms. The van der Waals surface area contributed by atoms with E-state index in [1.165, 1.54) is 0 Å². The second-order valence-electron chi connectivity index (χ2n) is 17.4. The number of hydrogen-bond donors (Lipinski definition) is 0. The van der Waals surface area contributed by atoms with Gasteiger partial charge in [-0.3, -0.25) is 39.7 Å². The molecule has 4 aromatic heterocycles. The molecular weight excluding hydrogens is 920 g/mol. The fourth-order valence-corrected chi connectivity index (χ4v) is 7.46. The molecule has 0 atom stereocenters. The van der Waals surface area contributed by atoms with Gasteiger partial charge >= 0.3 is 34.1 Å². The van der Waals surface area contributed by atoms with Crippen molar-refractivity contribution in [1.82, 2.24) is 29.7 Å². The Kier molecular flexibility index (Phi) is 24.2. The Balaban J connectivity index is 0.000000340. The number of aliphatic imine (C=N–C) groups is 2. The minimum Gasteiger partial charge on any atom is -0.862 e. The summed E-state index contributed by atoms with van der Waals surface area (Å²) in [5, 5.41) is 25.9. The van der Waals surface area contributed by atoms with Crippen molar-refractivity contribution in [3.63, 3.8) is 0 Å². The summed E-state index contributed by atoms with van der Waals surface area (Å²) in [6, 6.07) is 36.1. The average molecular weight is 986 g/mol. The molecule has 4 heterocycles. The van der Waals surface area contributed by atoms with Gasteiger partial charge in [0.25, 0.3) is 0 Å². The van der Waals surface area contributed by atoms with Crippen LogP contribution in [-0.2, 0) is 60.3 Å². The van der Waals surface area contributed by atoms with Crippen LogP contribution in [0.4, 0.5) is 11.4 Å². The van der Waals surface area contributed by atoms with Crippen molar-refractivity contribution in [2.75, 3.05) is 13.1 Å². The average Bonchev–Trinajstić information content (AvgIpc) is 3.29. The summed E-state index contributed by atoms with van der Waals surface area (Å²) in [7, 11) is 0. The van der Waals surface area contributed by atoms with Crippen LogP contribution in [0.3, 0.4) is 0 Å². The summed E-state index contributed by atoms with van der Waals surface area (Å²) in [6.45, 7) is 21.0. The first-order valence-electron chi connectivity index (χ1n) is 22.7. The molecule has 6 aromatic rings. The van der Waals surface area contributed by atoms with E-state index in [-0.39, 0.29) is 45.9 Å². The maximum atomic E-state index is 12.9. The van der Waals surface area contributed by atoms with Crippen LogP contribution in [0.2, 0.25) is 0 Å². The van der Waals surface area contributed by atoms with E-state index in [1.807, 2.05) is 72.8 Å². The Morgan fingerprint density at radius 3 is 0.879 bits per heavy atom. The molecule has 0 saturated heterocycles. The molecule has 0 aliphatic rings. The molecule has 2 aromatic carbocycles.